The third kappa shape index (κ3) is 2.21. The highest BCUT2D eigenvalue weighted by atomic mass is 16.5. The van der Waals surface area contributed by atoms with Gasteiger partial charge in [0.2, 0.25) is 0 Å². The van der Waals surface area contributed by atoms with Crippen molar-refractivity contribution in [3.05, 3.63) is 0 Å². The smallest absolute Gasteiger partial charge is 0.303 e. The first-order valence-electron chi connectivity index (χ1n) is 5.07. The maximum absolute atomic E-state index is 10.4. The fraction of sp³-hybridized carbons (Fsp3) is 0.900. The van der Waals surface area contributed by atoms with Crippen LogP contribution in [0.3, 0.4) is 0 Å². The quantitative estimate of drug-likeness (QED) is 0.704. The highest BCUT2D eigenvalue weighted by Gasteiger charge is 2.39. The number of aliphatic carboxylic acids is 1. The van der Waals surface area contributed by atoms with Gasteiger partial charge in [-0.2, -0.15) is 0 Å². The lowest BCUT2D eigenvalue weighted by Gasteiger charge is -2.33. The number of hydrogen-bond acceptors (Lipinski definition) is 2. The van der Waals surface area contributed by atoms with Crippen LogP contribution in [0.15, 0.2) is 0 Å². The van der Waals surface area contributed by atoms with Crippen molar-refractivity contribution in [2.75, 3.05) is 13.2 Å². The fourth-order valence-corrected chi connectivity index (χ4v) is 2.17. The van der Waals surface area contributed by atoms with Gasteiger partial charge in [-0.05, 0) is 31.1 Å². The summed E-state index contributed by atoms with van der Waals surface area (Å²) in [6.45, 7) is 1.72. The van der Waals surface area contributed by atoms with Crippen molar-refractivity contribution in [2.45, 2.75) is 25.7 Å². The molecule has 1 saturated carbocycles. The standard InChI is InChI=1S/C10H16O3/c11-10(12)4-3-9(7-1-2-7)8-5-13-6-8/h7-9H,1-6H2,(H,11,12). The van der Waals surface area contributed by atoms with Gasteiger partial charge in [0.1, 0.15) is 0 Å². The molecule has 3 heteroatoms. The number of carboxylic acid groups (broad SMARTS) is 1. The molecule has 1 N–H and O–H groups in total. The molecule has 1 unspecified atom stereocenters. The van der Waals surface area contributed by atoms with Crippen LogP contribution in [0, 0.1) is 17.8 Å². The number of rotatable bonds is 5. The molecular weight excluding hydrogens is 168 g/mol. The van der Waals surface area contributed by atoms with E-state index in [-0.39, 0.29) is 0 Å². The van der Waals surface area contributed by atoms with Crippen molar-refractivity contribution in [1.82, 2.24) is 0 Å². The monoisotopic (exact) mass is 184 g/mol. The molecule has 13 heavy (non-hydrogen) atoms. The summed E-state index contributed by atoms with van der Waals surface area (Å²) in [5.74, 6) is 1.44. The zero-order valence-electron chi connectivity index (χ0n) is 7.74. The van der Waals surface area contributed by atoms with Crippen LogP contribution >= 0.6 is 0 Å². The molecule has 0 bridgehead atoms. The Hall–Kier alpha value is -0.570. The number of carboxylic acids is 1. The van der Waals surface area contributed by atoms with Crippen molar-refractivity contribution in [3.8, 4) is 0 Å². The Morgan fingerprint density at radius 1 is 1.38 bits per heavy atom. The highest BCUT2D eigenvalue weighted by molar-refractivity contribution is 5.66. The van der Waals surface area contributed by atoms with Crippen LogP contribution in [0.4, 0.5) is 0 Å². The Morgan fingerprint density at radius 3 is 2.46 bits per heavy atom. The summed E-state index contributed by atoms with van der Waals surface area (Å²) in [5.41, 5.74) is 0. The molecule has 2 aliphatic rings. The normalized spacial score (nSPS) is 25.2. The van der Waals surface area contributed by atoms with Crippen molar-refractivity contribution < 1.29 is 14.6 Å². The summed E-state index contributed by atoms with van der Waals surface area (Å²) >= 11 is 0. The molecule has 1 aliphatic heterocycles. The van der Waals surface area contributed by atoms with Gasteiger partial charge in [0.25, 0.3) is 0 Å². The summed E-state index contributed by atoms with van der Waals surface area (Å²) in [6, 6.07) is 0. The van der Waals surface area contributed by atoms with Gasteiger partial charge < -0.3 is 9.84 Å². The van der Waals surface area contributed by atoms with Gasteiger partial charge in [0.05, 0.1) is 13.2 Å². The van der Waals surface area contributed by atoms with Gasteiger partial charge >= 0.3 is 5.97 Å². The summed E-state index contributed by atoms with van der Waals surface area (Å²) in [5, 5.41) is 8.61. The Labute approximate surface area is 78.1 Å². The molecule has 2 fully saturated rings. The lowest BCUT2D eigenvalue weighted by atomic mass is 9.83. The molecule has 0 spiro atoms. The molecule has 2 rings (SSSR count). The Morgan fingerprint density at radius 2 is 2.08 bits per heavy atom. The van der Waals surface area contributed by atoms with E-state index >= 15 is 0 Å². The van der Waals surface area contributed by atoms with Gasteiger partial charge in [-0.15, -0.1) is 0 Å². The summed E-state index contributed by atoms with van der Waals surface area (Å²) in [4.78, 5) is 10.4. The lowest BCUT2D eigenvalue weighted by Crippen LogP contribution is -2.35. The molecule has 3 nitrogen and oxygen atoms in total. The van der Waals surface area contributed by atoms with E-state index in [1.807, 2.05) is 0 Å². The molecule has 1 saturated heterocycles. The number of hydrogen-bond donors (Lipinski definition) is 1. The van der Waals surface area contributed by atoms with Gasteiger partial charge in [-0.25, -0.2) is 0 Å². The second-order valence-corrected chi connectivity index (χ2v) is 4.23. The first-order chi connectivity index (χ1) is 6.27. The third-order valence-electron chi connectivity index (χ3n) is 3.19. The second-order valence-electron chi connectivity index (χ2n) is 4.23. The molecule has 1 atom stereocenters. The van der Waals surface area contributed by atoms with Crippen LogP contribution in [0.2, 0.25) is 0 Å². The van der Waals surface area contributed by atoms with Crippen molar-refractivity contribution in [1.29, 1.82) is 0 Å². The Bertz CT molecular complexity index is 194. The van der Waals surface area contributed by atoms with E-state index in [0.29, 0.717) is 18.3 Å². The molecule has 74 valence electrons. The number of ether oxygens (including phenoxy) is 1. The molecule has 1 heterocycles. The van der Waals surface area contributed by atoms with Gasteiger partial charge in [-0.3, -0.25) is 4.79 Å². The van der Waals surface area contributed by atoms with Crippen molar-refractivity contribution >= 4 is 5.97 Å². The molecule has 1 aliphatic carbocycles. The second kappa shape index (κ2) is 3.66. The van der Waals surface area contributed by atoms with Crippen LogP contribution in [0.1, 0.15) is 25.7 Å². The SMILES string of the molecule is O=C(O)CCC(C1CC1)C1COC1. The zero-order valence-corrected chi connectivity index (χ0v) is 7.74. The molecule has 0 aromatic heterocycles. The van der Waals surface area contributed by atoms with E-state index in [2.05, 4.69) is 0 Å². The summed E-state index contributed by atoms with van der Waals surface area (Å²) < 4.78 is 5.15. The highest BCUT2D eigenvalue weighted by Crippen LogP contribution is 2.44. The van der Waals surface area contributed by atoms with Crippen LogP contribution in [0.25, 0.3) is 0 Å². The average molecular weight is 184 g/mol. The van der Waals surface area contributed by atoms with Crippen LogP contribution in [-0.4, -0.2) is 24.3 Å². The first-order valence-corrected chi connectivity index (χ1v) is 5.07. The minimum atomic E-state index is -0.661. The van der Waals surface area contributed by atoms with Crippen molar-refractivity contribution in [2.24, 2.45) is 17.8 Å². The Kier molecular flexibility index (Phi) is 2.54. The van der Waals surface area contributed by atoms with E-state index in [1.165, 1.54) is 12.8 Å². The van der Waals surface area contributed by atoms with E-state index in [1.54, 1.807) is 0 Å². The van der Waals surface area contributed by atoms with Crippen LogP contribution in [-0.2, 0) is 9.53 Å². The molecular formula is C10H16O3. The topological polar surface area (TPSA) is 46.5 Å². The maximum Gasteiger partial charge on any atom is 0.303 e. The van der Waals surface area contributed by atoms with Gasteiger partial charge in [-0.1, -0.05) is 0 Å². The van der Waals surface area contributed by atoms with Gasteiger partial charge in [0, 0.05) is 12.3 Å². The van der Waals surface area contributed by atoms with Crippen LogP contribution in [0.5, 0.6) is 0 Å². The minimum absolute atomic E-state index is 0.331. The predicted octanol–water partition coefficient (Wildman–Crippen LogP) is 1.52. The summed E-state index contributed by atoms with van der Waals surface area (Å²) in [6.07, 6.45) is 3.80. The predicted molar refractivity (Wildman–Crippen MR) is 47.4 cm³/mol. The van der Waals surface area contributed by atoms with E-state index in [0.717, 1.165) is 25.6 Å². The lowest BCUT2D eigenvalue weighted by molar-refractivity contribution is -0.138. The number of carbonyl (C=O) groups is 1. The molecule has 0 amide bonds. The van der Waals surface area contributed by atoms with E-state index in [9.17, 15) is 4.79 Å². The largest absolute Gasteiger partial charge is 0.481 e. The Balaban J connectivity index is 1.78. The molecule has 0 aromatic carbocycles. The summed E-state index contributed by atoms with van der Waals surface area (Å²) in [7, 11) is 0. The maximum atomic E-state index is 10.4. The first kappa shape index (κ1) is 9.00. The van der Waals surface area contributed by atoms with Crippen molar-refractivity contribution in [3.63, 3.8) is 0 Å². The van der Waals surface area contributed by atoms with Crippen LogP contribution < -0.4 is 0 Å². The molecule has 0 radical (unpaired) electrons. The third-order valence-corrected chi connectivity index (χ3v) is 3.19. The van der Waals surface area contributed by atoms with E-state index < -0.39 is 5.97 Å². The molecule has 0 aromatic rings. The van der Waals surface area contributed by atoms with Gasteiger partial charge in [0.15, 0.2) is 0 Å². The zero-order chi connectivity index (χ0) is 9.26. The van der Waals surface area contributed by atoms with E-state index in [4.69, 9.17) is 9.84 Å². The minimum Gasteiger partial charge on any atom is -0.481 e. The average Bonchev–Trinajstić information content (AvgIpc) is 2.75. The fourth-order valence-electron chi connectivity index (χ4n) is 2.17.